The van der Waals surface area contributed by atoms with E-state index in [1.165, 1.54) is 19.3 Å². The number of carbonyl (C=O) groups is 2. The van der Waals surface area contributed by atoms with E-state index in [1.807, 2.05) is 27.2 Å². The molecule has 0 radical (unpaired) electrons. The topological polar surface area (TPSA) is 124 Å². The Kier molecular flexibility index (Phi) is 32.6. The van der Waals surface area contributed by atoms with Crippen LogP contribution >= 0.6 is 7.82 Å². The molecule has 1 aliphatic rings. The third-order valence-corrected chi connectivity index (χ3v) is 9.98. The Hall–Kier alpha value is -3.11. The SMILES string of the molecule is CC/C=C\C/C=C\C/C=C\C/C=C\C/C=C\CCCC(=O)O[C@H](COC(=O)CCCC1OC1C/C=C\C/C=C\C/C=C\CCCCC)COP(=O)([O-])OCC[N+](C)(C)C. The number of phosphoric ester groups is 1. The summed E-state index contributed by atoms with van der Waals surface area (Å²) in [5, 5.41) is 0. The molecule has 0 aliphatic carbocycles. The van der Waals surface area contributed by atoms with Gasteiger partial charge in [-0.1, -0.05) is 124 Å². The van der Waals surface area contributed by atoms with Gasteiger partial charge in [-0.25, -0.2) is 0 Å². The summed E-state index contributed by atoms with van der Waals surface area (Å²) in [5.74, 6) is -0.991. The van der Waals surface area contributed by atoms with Crippen molar-refractivity contribution in [1.82, 2.24) is 0 Å². The van der Waals surface area contributed by atoms with Crippen LogP contribution in [-0.4, -0.2) is 82.2 Å². The Labute approximate surface area is 358 Å². The molecule has 0 amide bonds. The number of nitrogens with zero attached hydrogens (tertiary/aromatic N) is 1. The Morgan fingerprint density at radius 2 is 1.17 bits per heavy atom. The van der Waals surface area contributed by atoms with Gasteiger partial charge in [-0.3, -0.25) is 14.2 Å². The van der Waals surface area contributed by atoms with Gasteiger partial charge < -0.3 is 32.6 Å². The highest BCUT2D eigenvalue weighted by Gasteiger charge is 2.36. The number of ether oxygens (including phenoxy) is 3. The lowest BCUT2D eigenvalue weighted by Gasteiger charge is -2.28. The van der Waals surface area contributed by atoms with Crippen molar-refractivity contribution in [3.05, 3.63) is 97.2 Å². The normalized spacial score (nSPS) is 17.9. The van der Waals surface area contributed by atoms with E-state index < -0.39 is 32.5 Å². The number of likely N-dealkylation sites (N-methyl/N-ethyl adjacent to an activating group) is 1. The molecule has 59 heavy (non-hydrogen) atoms. The van der Waals surface area contributed by atoms with Crippen molar-refractivity contribution >= 4 is 19.8 Å². The van der Waals surface area contributed by atoms with Crippen molar-refractivity contribution in [1.29, 1.82) is 0 Å². The second-order valence-corrected chi connectivity index (χ2v) is 17.1. The average Bonchev–Trinajstić information content (AvgIpc) is 3.94. The summed E-state index contributed by atoms with van der Waals surface area (Å²) >= 11 is 0. The number of hydrogen-bond donors (Lipinski definition) is 0. The van der Waals surface area contributed by atoms with Gasteiger partial charge in [-0.15, -0.1) is 0 Å². The Balaban J connectivity index is 2.40. The molecule has 1 rings (SSSR count). The maximum Gasteiger partial charge on any atom is 0.306 e. The van der Waals surface area contributed by atoms with Gasteiger partial charge in [0.15, 0.2) is 6.10 Å². The van der Waals surface area contributed by atoms with Gasteiger partial charge in [0.1, 0.15) is 19.8 Å². The summed E-state index contributed by atoms with van der Waals surface area (Å²) in [6.45, 7) is 3.90. The number of phosphoric acid groups is 1. The van der Waals surface area contributed by atoms with Gasteiger partial charge in [0.25, 0.3) is 7.82 Å². The zero-order valence-corrected chi connectivity index (χ0v) is 38.0. The van der Waals surface area contributed by atoms with Crippen LogP contribution in [0, 0.1) is 0 Å². The number of esters is 2. The van der Waals surface area contributed by atoms with E-state index in [9.17, 15) is 19.0 Å². The lowest BCUT2D eigenvalue weighted by molar-refractivity contribution is -0.870. The third kappa shape index (κ3) is 36.5. The number of rotatable bonds is 37. The van der Waals surface area contributed by atoms with Gasteiger partial charge in [-0.05, 0) is 89.9 Å². The number of hydrogen-bond acceptors (Lipinski definition) is 9. The van der Waals surface area contributed by atoms with Crippen LogP contribution in [0.2, 0.25) is 0 Å². The maximum atomic E-state index is 12.7. The molecule has 334 valence electrons. The van der Waals surface area contributed by atoms with E-state index in [-0.39, 0.29) is 38.3 Å². The van der Waals surface area contributed by atoms with E-state index in [1.54, 1.807) is 0 Å². The lowest BCUT2D eigenvalue weighted by atomic mass is 10.1. The Morgan fingerprint density at radius 1 is 0.644 bits per heavy atom. The predicted molar refractivity (Wildman–Crippen MR) is 239 cm³/mol. The largest absolute Gasteiger partial charge is 0.756 e. The molecule has 0 aromatic rings. The number of unbranched alkanes of at least 4 members (excludes halogenated alkanes) is 4. The molecule has 1 fully saturated rings. The molecule has 3 unspecified atom stereocenters. The molecule has 1 heterocycles. The molecule has 0 aromatic carbocycles. The molecule has 0 bridgehead atoms. The highest BCUT2D eigenvalue weighted by Crippen LogP contribution is 2.38. The minimum atomic E-state index is -4.67. The zero-order valence-electron chi connectivity index (χ0n) is 37.1. The fourth-order valence-corrected chi connectivity index (χ4v) is 6.21. The standard InChI is InChI=1S/C48H78NO9P/c1-6-8-10-12-14-16-18-20-21-22-23-24-26-28-30-32-34-38-48(51)57-44(43-56-59(52,53)55-41-40-49(3,4)5)42-54-47(50)39-35-37-46-45(58-46)36-33-31-29-27-25-19-17-15-13-11-9-7-2/h8,10,14-17,20-21,23-25,27-28,30-31,33,44-46H,6-7,9,11-13,18-19,22,26,29,32,34-43H2,1-5H3/b10-8-,16-14-,17-15-,21-20-,24-23-,27-25-,30-28-,33-31-/t44-,45?,46?/m1/s1. The highest BCUT2D eigenvalue weighted by molar-refractivity contribution is 7.45. The summed E-state index contributed by atoms with van der Waals surface area (Å²) in [6, 6.07) is 0. The summed E-state index contributed by atoms with van der Waals surface area (Å²) in [4.78, 5) is 37.6. The van der Waals surface area contributed by atoms with Crippen LogP contribution in [0.15, 0.2) is 97.2 Å². The molecule has 1 saturated heterocycles. The predicted octanol–water partition coefficient (Wildman–Crippen LogP) is 10.9. The zero-order chi connectivity index (χ0) is 43.3. The minimum absolute atomic E-state index is 0.0594. The van der Waals surface area contributed by atoms with Gasteiger partial charge in [0, 0.05) is 12.8 Å². The number of carbonyl (C=O) groups excluding carboxylic acids is 2. The van der Waals surface area contributed by atoms with Crippen LogP contribution in [0.3, 0.4) is 0 Å². The third-order valence-electron chi connectivity index (χ3n) is 9.01. The molecule has 0 aromatic heterocycles. The lowest BCUT2D eigenvalue weighted by Crippen LogP contribution is -2.37. The average molecular weight is 844 g/mol. The molecular weight excluding hydrogens is 766 g/mol. The van der Waals surface area contributed by atoms with Crippen LogP contribution in [0.4, 0.5) is 0 Å². The summed E-state index contributed by atoms with van der Waals surface area (Å²) < 4.78 is 39.6. The number of allylic oxidation sites excluding steroid dienone is 15. The van der Waals surface area contributed by atoms with Gasteiger partial charge in [-0.2, -0.15) is 0 Å². The molecule has 4 atom stereocenters. The number of epoxide rings is 1. The first-order chi connectivity index (χ1) is 28.5. The van der Waals surface area contributed by atoms with E-state index >= 15 is 0 Å². The molecule has 11 heteroatoms. The van der Waals surface area contributed by atoms with Crippen LogP contribution in [0.5, 0.6) is 0 Å². The molecular formula is C48H78NO9P. The fraction of sp³-hybridized carbons (Fsp3) is 0.625. The van der Waals surface area contributed by atoms with E-state index in [0.29, 0.717) is 30.3 Å². The maximum absolute atomic E-state index is 12.7. The van der Waals surface area contributed by atoms with Crippen molar-refractivity contribution in [2.45, 2.75) is 148 Å². The second kappa shape index (κ2) is 35.6. The number of quaternary nitrogens is 1. The van der Waals surface area contributed by atoms with Crippen molar-refractivity contribution in [3.63, 3.8) is 0 Å². The van der Waals surface area contributed by atoms with Gasteiger partial charge in [0.2, 0.25) is 0 Å². The summed E-state index contributed by atoms with van der Waals surface area (Å²) in [7, 11) is 1.07. The highest BCUT2D eigenvalue weighted by atomic mass is 31.2. The first-order valence-corrected chi connectivity index (χ1v) is 23.5. The van der Waals surface area contributed by atoms with Crippen LogP contribution in [-0.2, 0) is 37.4 Å². The van der Waals surface area contributed by atoms with Crippen LogP contribution in [0.25, 0.3) is 0 Å². The minimum Gasteiger partial charge on any atom is -0.756 e. The quantitative estimate of drug-likeness (QED) is 0.0150. The van der Waals surface area contributed by atoms with Gasteiger partial charge in [0.05, 0.1) is 40.0 Å². The van der Waals surface area contributed by atoms with Crippen molar-refractivity contribution < 1.29 is 46.8 Å². The molecule has 0 N–H and O–H groups in total. The molecule has 10 nitrogen and oxygen atoms in total. The summed E-state index contributed by atoms with van der Waals surface area (Å²) in [6.07, 6.45) is 48.9. The van der Waals surface area contributed by atoms with Crippen LogP contribution in [0.1, 0.15) is 129 Å². The Morgan fingerprint density at radius 3 is 1.73 bits per heavy atom. The molecule has 0 saturated carbocycles. The van der Waals surface area contributed by atoms with Gasteiger partial charge >= 0.3 is 11.9 Å². The first-order valence-electron chi connectivity index (χ1n) is 22.1. The van der Waals surface area contributed by atoms with E-state index in [2.05, 4.69) is 105 Å². The second-order valence-electron chi connectivity index (χ2n) is 15.7. The Bertz CT molecular complexity index is 1390. The summed E-state index contributed by atoms with van der Waals surface area (Å²) in [5.41, 5.74) is 0. The van der Waals surface area contributed by atoms with Crippen molar-refractivity contribution in [2.75, 3.05) is 47.5 Å². The van der Waals surface area contributed by atoms with Crippen molar-refractivity contribution in [3.8, 4) is 0 Å². The monoisotopic (exact) mass is 844 g/mol. The van der Waals surface area contributed by atoms with E-state index in [4.69, 9.17) is 23.3 Å². The first kappa shape index (κ1) is 53.9. The smallest absolute Gasteiger partial charge is 0.306 e. The molecule has 0 spiro atoms. The van der Waals surface area contributed by atoms with E-state index in [0.717, 1.165) is 64.2 Å². The van der Waals surface area contributed by atoms with Crippen LogP contribution < -0.4 is 4.89 Å². The molecule has 1 aliphatic heterocycles. The fourth-order valence-electron chi connectivity index (χ4n) is 5.48. The van der Waals surface area contributed by atoms with Crippen molar-refractivity contribution in [2.24, 2.45) is 0 Å².